The van der Waals surface area contributed by atoms with Crippen LogP contribution in [0.5, 0.6) is 5.75 Å². The van der Waals surface area contributed by atoms with Crippen molar-refractivity contribution in [3.8, 4) is 17.2 Å². The van der Waals surface area contributed by atoms with Gasteiger partial charge in [0, 0.05) is 11.5 Å². The molecule has 26 heavy (non-hydrogen) atoms. The molecular weight excluding hydrogens is 360 g/mol. The van der Waals surface area contributed by atoms with E-state index in [4.69, 9.17) is 13.8 Å². The maximum atomic E-state index is 12.3. The Hall–Kier alpha value is -2.75. The minimum absolute atomic E-state index is 0.0308. The first-order valence-electron chi connectivity index (χ1n) is 7.86. The third-order valence-electron chi connectivity index (χ3n) is 3.48. The fraction of sp³-hybridized carbons (Fsp3) is 0.375. The number of aromatic nitrogens is 4. The van der Waals surface area contributed by atoms with Crippen LogP contribution >= 0.6 is 0 Å². The van der Waals surface area contributed by atoms with Gasteiger partial charge in [-0.25, -0.2) is 8.42 Å². The average molecular weight is 378 g/mol. The molecule has 10 heteroatoms. The van der Waals surface area contributed by atoms with E-state index in [1.54, 1.807) is 31.4 Å². The van der Waals surface area contributed by atoms with E-state index in [0.29, 0.717) is 17.2 Å². The van der Waals surface area contributed by atoms with Crippen molar-refractivity contribution in [2.45, 2.75) is 31.3 Å². The molecule has 0 spiro atoms. The summed E-state index contributed by atoms with van der Waals surface area (Å²) < 4.78 is 39.9. The molecular formula is C16H18N4O5S. The molecule has 0 saturated carbocycles. The van der Waals surface area contributed by atoms with Crippen LogP contribution in [0.15, 0.2) is 33.3 Å². The first kappa shape index (κ1) is 18.1. The molecule has 138 valence electrons. The highest BCUT2D eigenvalue weighted by molar-refractivity contribution is 7.89. The average Bonchev–Trinajstić information content (AvgIpc) is 3.24. The van der Waals surface area contributed by atoms with Crippen LogP contribution in [-0.2, 0) is 21.3 Å². The molecule has 0 bridgehead atoms. The molecule has 0 aliphatic heterocycles. The predicted octanol–water partition coefficient (Wildman–Crippen LogP) is 2.37. The number of ether oxygens (including phenoxy) is 1. The van der Waals surface area contributed by atoms with Gasteiger partial charge in [-0.1, -0.05) is 24.2 Å². The molecule has 0 fully saturated rings. The highest BCUT2D eigenvalue weighted by atomic mass is 32.2. The summed E-state index contributed by atoms with van der Waals surface area (Å²) in [6.07, 6.45) is 0. The molecule has 3 aromatic rings. The van der Waals surface area contributed by atoms with Crippen LogP contribution in [0.2, 0.25) is 0 Å². The largest absolute Gasteiger partial charge is 0.497 e. The van der Waals surface area contributed by atoms with Crippen molar-refractivity contribution in [3.63, 3.8) is 0 Å². The lowest BCUT2D eigenvalue weighted by atomic mass is 10.2. The van der Waals surface area contributed by atoms with Crippen molar-refractivity contribution in [3.05, 3.63) is 41.8 Å². The van der Waals surface area contributed by atoms with Gasteiger partial charge in [-0.15, -0.1) is 0 Å². The monoisotopic (exact) mass is 378 g/mol. The SMILES string of the molecule is COc1ccc(-c2nc(CS(=O)(=O)Cc3noc(C(C)C)n3)no2)cc1. The molecule has 0 amide bonds. The van der Waals surface area contributed by atoms with Crippen LogP contribution < -0.4 is 4.74 Å². The summed E-state index contributed by atoms with van der Waals surface area (Å²) in [7, 11) is -2.00. The predicted molar refractivity (Wildman–Crippen MR) is 91.0 cm³/mol. The van der Waals surface area contributed by atoms with E-state index >= 15 is 0 Å². The van der Waals surface area contributed by atoms with E-state index < -0.39 is 9.84 Å². The minimum Gasteiger partial charge on any atom is -0.497 e. The van der Waals surface area contributed by atoms with Crippen molar-refractivity contribution >= 4 is 9.84 Å². The van der Waals surface area contributed by atoms with Gasteiger partial charge in [0.2, 0.25) is 5.89 Å². The Morgan fingerprint density at radius 1 is 1.00 bits per heavy atom. The van der Waals surface area contributed by atoms with E-state index in [9.17, 15) is 8.42 Å². The second-order valence-corrected chi connectivity index (χ2v) is 8.04. The van der Waals surface area contributed by atoms with Crippen molar-refractivity contribution in [2.24, 2.45) is 0 Å². The Bertz CT molecular complexity index is 976. The summed E-state index contributed by atoms with van der Waals surface area (Å²) in [6.45, 7) is 3.76. The Kier molecular flexibility index (Phi) is 5.03. The number of methoxy groups -OCH3 is 1. The topological polar surface area (TPSA) is 121 Å². The number of sulfone groups is 1. The molecule has 0 unspecified atom stereocenters. The molecule has 1 aromatic carbocycles. The molecule has 9 nitrogen and oxygen atoms in total. The number of rotatable bonds is 7. The van der Waals surface area contributed by atoms with E-state index in [0.717, 1.165) is 0 Å². The van der Waals surface area contributed by atoms with Gasteiger partial charge in [-0.05, 0) is 24.3 Å². The zero-order valence-electron chi connectivity index (χ0n) is 14.5. The maximum absolute atomic E-state index is 12.3. The second kappa shape index (κ2) is 7.24. The molecule has 0 atom stereocenters. The normalized spacial score (nSPS) is 11.8. The van der Waals surface area contributed by atoms with Crippen molar-refractivity contribution < 1.29 is 22.2 Å². The summed E-state index contributed by atoms with van der Waals surface area (Å²) in [4.78, 5) is 8.21. The third-order valence-corrected chi connectivity index (χ3v) is 4.88. The lowest BCUT2D eigenvalue weighted by Gasteiger charge is -1.99. The summed E-state index contributed by atoms with van der Waals surface area (Å²) in [5.41, 5.74) is 0.668. The van der Waals surface area contributed by atoms with Crippen LogP contribution in [-0.4, -0.2) is 35.8 Å². The lowest BCUT2D eigenvalue weighted by molar-refractivity contribution is 0.361. The molecule has 0 saturated heterocycles. The van der Waals surface area contributed by atoms with Gasteiger partial charge < -0.3 is 13.8 Å². The van der Waals surface area contributed by atoms with Crippen LogP contribution in [0.3, 0.4) is 0 Å². The number of hydrogen-bond acceptors (Lipinski definition) is 9. The summed E-state index contributed by atoms with van der Waals surface area (Å²) in [6, 6.07) is 6.99. The van der Waals surface area contributed by atoms with Gasteiger partial charge >= 0.3 is 0 Å². The van der Waals surface area contributed by atoms with E-state index in [2.05, 4.69) is 20.3 Å². The van der Waals surface area contributed by atoms with Gasteiger partial charge in [-0.3, -0.25) is 0 Å². The molecule has 2 aromatic heterocycles. The first-order valence-corrected chi connectivity index (χ1v) is 9.68. The van der Waals surface area contributed by atoms with Gasteiger partial charge in [0.15, 0.2) is 21.5 Å². The fourth-order valence-corrected chi connectivity index (χ4v) is 3.29. The van der Waals surface area contributed by atoms with Gasteiger partial charge in [-0.2, -0.15) is 9.97 Å². The van der Waals surface area contributed by atoms with Gasteiger partial charge in [0.1, 0.15) is 17.3 Å². The maximum Gasteiger partial charge on any atom is 0.257 e. The zero-order valence-corrected chi connectivity index (χ0v) is 15.4. The Balaban J connectivity index is 1.70. The highest BCUT2D eigenvalue weighted by Gasteiger charge is 2.21. The van der Waals surface area contributed by atoms with Crippen LogP contribution in [0.25, 0.3) is 11.5 Å². The quantitative estimate of drug-likeness (QED) is 0.609. The Morgan fingerprint density at radius 2 is 1.62 bits per heavy atom. The van der Waals surface area contributed by atoms with E-state index in [-0.39, 0.29) is 35.0 Å². The number of benzene rings is 1. The zero-order chi connectivity index (χ0) is 18.7. The van der Waals surface area contributed by atoms with E-state index in [1.807, 2.05) is 13.8 Å². The number of nitrogens with zero attached hydrogens (tertiary/aromatic N) is 4. The van der Waals surface area contributed by atoms with Gasteiger partial charge in [0.05, 0.1) is 7.11 Å². The molecule has 2 heterocycles. The smallest absolute Gasteiger partial charge is 0.257 e. The van der Waals surface area contributed by atoms with Crippen molar-refractivity contribution in [1.82, 2.24) is 20.3 Å². The standard InChI is InChI=1S/C16H18N4O5S/c1-10(2)15-17-13(19-24-15)8-26(21,22)9-14-18-16(25-20-14)11-4-6-12(23-3)7-5-11/h4-7,10H,8-9H2,1-3H3. The molecule has 0 aliphatic carbocycles. The highest BCUT2D eigenvalue weighted by Crippen LogP contribution is 2.21. The van der Waals surface area contributed by atoms with Crippen LogP contribution in [0.4, 0.5) is 0 Å². The molecule has 0 N–H and O–H groups in total. The number of hydrogen-bond donors (Lipinski definition) is 0. The van der Waals surface area contributed by atoms with Crippen molar-refractivity contribution in [1.29, 1.82) is 0 Å². The fourth-order valence-electron chi connectivity index (χ4n) is 2.17. The Morgan fingerprint density at radius 3 is 2.19 bits per heavy atom. The third kappa shape index (κ3) is 4.26. The lowest BCUT2D eigenvalue weighted by Crippen LogP contribution is -2.10. The summed E-state index contributed by atoms with van der Waals surface area (Å²) in [5, 5.41) is 7.43. The van der Waals surface area contributed by atoms with Gasteiger partial charge in [0.25, 0.3) is 5.89 Å². The summed E-state index contributed by atoms with van der Waals surface area (Å²) in [5.74, 6) is 0.820. The molecule has 0 radical (unpaired) electrons. The van der Waals surface area contributed by atoms with Crippen molar-refractivity contribution in [2.75, 3.05) is 7.11 Å². The van der Waals surface area contributed by atoms with E-state index in [1.165, 1.54) is 0 Å². The minimum atomic E-state index is -3.57. The van der Waals surface area contributed by atoms with Crippen LogP contribution in [0.1, 0.15) is 37.3 Å². The second-order valence-electron chi connectivity index (χ2n) is 5.98. The summed E-state index contributed by atoms with van der Waals surface area (Å²) >= 11 is 0. The van der Waals surface area contributed by atoms with Crippen LogP contribution in [0, 0.1) is 0 Å². The first-order chi connectivity index (χ1) is 12.4. The Labute approximate surface area is 150 Å². The molecule has 0 aliphatic rings. The molecule has 3 rings (SSSR count).